The third-order valence-corrected chi connectivity index (χ3v) is 3.65. The zero-order valence-electron chi connectivity index (χ0n) is 11.7. The van der Waals surface area contributed by atoms with Gasteiger partial charge in [0.05, 0.1) is 0 Å². The fourth-order valence-electron chi connectivity index (χ4n) is 2.24. The predicted molar refractivity (Wildman–Crippen MR) is 82.0 cm³/mol. The van der Waals surface area contributed by atoms with Crippen molar-refractivity contribution >= 4 is 17.3 Å². The Balaban J connectivity index is 2.77. The Bertz CT molecular complexity index is 392. The first-order valence-electron chi connectivity index (χ1n) is 6.81. The molecule has 18 heavy (non-hydrogen) atoms. The lowest BCUT2D eigenvalue weighted by atomic mass is 10.0. The van der Waals surface area contributed by atoms with Gasteiger partial charge < -0.3 is 5.32 Å². The minimum atomic E-state index is 0.519. The zero-order chi connectivity index (χ0) is 13.5. The highest BCUT2D eigenvalue weighted by Gasteiger charge is 2.10. The van der Waals surface area contributed by atoms with E-state index in [1.54, 1.807) is 0 Å². The van der Waals surface area contributed by atoms with Crippen LogP contribution in [-0.4, -0.2) is 6.04 Å². The summed E-state index contributed by atoms with van der Waals surface area (Å²) in [4.78, 5) is 0. The van der Waals surface area contributed by atoms with Gasteiger partial charge in [-0.1, -0.05) is 57.0 Å². The Morgan fingerprint density at radius 3 is 2.44 bits per heavy atom. The molecule has 0 aromatic heterocycles. The van der Waals surface area contributed by atoms with E-state index in [9.17, 15) is 0 Å². The first kappa shape index (κ1) is 15.1. The summed E-state index contributed by atoms with van der Waals surface area (Å²) in [6, 6.07) is 6.49. The van der Waals surface area contributed by atoms with Crippen molar-refractivity contribution in [2.75, 3.05) is 0 Å². The Kier molecular flexibility index (Phi) is 6.28. The number of benzene rings is 1. The van der Waals surface area contributed by atoms with Gasteiger partial charge in [-0.3, -0.25) is 0 Å². The summed E-state index contributed by atoms with van der Waals surface area (Å²) in [5, 5.41) is 4.35. The molecule has 0 spiro atoms. The maximum absolute atomic E-state index is 6.15. The highest BCUT2D eigenvalue weighted by molar-refractivity contribution is 6.31. The van der Waals surface area contributed by atoms with Crippen LogP contribution in [0.25, 0.3) is 5.70 Å². The largest absolute Gasteiger partial charge is 0.382 e. The number of hydrogen-bond acceptors (Lipinski definition) is 1. The van der Waals surface area contributed by atoms with E-state index in [1.165, 1.54) is 25.7 Å². The van der Waals surface area contributed by atoms with Crippen molar-refractivity contribution in [1.29, 1.82) is 0 Å². The Morgan fingerprint density at radius 2 is 1.89 bits per heavy atom. The number of hydrogen-bond donors (Lipinski definition) is 1. The van der Waals surface area contributed by atoms with Gasteiger partial charge in [0.1, 0.15) is 0 Å². The van der Waals surface area contributed by atoms with E-state index < -0.39 is 0 Å². The van der Waals surface area contributed by atoms with Gasteiger partial charge in [0.15, 0.2) is 0 Å². The minimum Gasteiger partial charge on any atom is -0.382 e. The van der Waals surface area contributed by atoms with Gasteiger partial charge in [-0.05, 0) is 31.4 Å². The molecule has 0 heterocycles. The van der Waals surface area contributed by atoms with E-state index in [4.69, 9.17) is 11.6 Å². The van der Waals surface area contributed by atoms with Crippen LogP contribution in [0, 0.1) is 6.92 Å². The van der Waals surface area contributed by atoms with Crippen LogP contribution in [0.15, 0.2) is 24.8 Å². The molecule has 0 bridgehead atoms. The van der Waals surface area contributed by atoms with Gasteiger partial charge in [-0.15, -0.1) is 0 Å². The maximum atomic E-state index is 6.15. The third-order valence-electron chi connectivity index (χ3n) is 3.25. The molecule has 1 aromatic rings. The highest BCUT2D eigenvalue weighted by atomic mass is 35.5. The van der Waals surface area contributed by atoms with E-state index in [0.717, 1.165) is 21.8 Å². The summed E-state index contributed by atoms with van der Waals surface area (Å²) in [6.45, 7) is 10.6. The normalized spacial score (nSPS) is 10.7. The van der Waals surface area contributed by atoms with E-state index in [0.29, 0.717) is 6.04 Å². The molecule has 0 aliphatic heterocycles. The van der Waals surface area contributed by atoms with Crippen LogP contribution in [0.4, 0.5) is 0 Å². The van der Waals surface area contributed by atoms with Gasteiger partial charge in [-0.25, -0.2) is 0 Å². The molecule has 0 saturated heterocycles. The van der Waals surface area contributed by atoms with Gasteiger partial charge >= 0.3 is 0 Å². The molecule has 1 N–H and O–H groups in total. The molecule has 0 saturated carbocycles. The molecule has 1 aromatic carbocycles. The molecule has 0 aliphatic carbocycles. The molecule has 0 radical (unpaired) electrons. The highest BCUT2D eigenvalue weighted by Crippen LogP contribution is 2.23. The molecular formula is C16H24ClN. The van der Waals surface area contributed by atoms with Crippen molar-refractivity contribution in [2.24, 2.45) is 0 Å². The standard InChI is InChI=1S/C16H24ClN/c1-5-8-14(9-6-2)18-13(4)15-10-7-11-16(17)12(15)3/h7,10-11,14,18H,4-6,8-9H2,1-3H3. The summed E-state index contributed by atoms with van der Waals surface area (Å²) >= 11 is 6.15. The average Bonchev–Trinajstić information content (AvgIpc) is 2.33. The zero-order valence-corrected chi connectivity index (χ0v) is 12.5. The SMILES string of the molecule is C=C(NC(CCC)CCC)c1cccc(Cl)c1C. The summed E-state index contributed by atoms with van der Waals surface area (Å²) in [5.74, 6) is 0. The van der Waals surface area contributed by atoms with Gasteiger partial charge in [0.25, 0.3) is 0 Å². The lowest BCUT2D eigenvalue weighted by Gasteiger charge is -2.21. The van der Waals surface area contributed by atoms with E-state index in [1.807, 2.05) is 19.1 Å². The van der Waals surface area contributed by atoms with Crippen LogP contribution in [0.5, 0.6) is 0 Å². The monoisotopic (exact) mass is 265 g/mol. The fraction of sp³-hybridized carbons (Fsp3) is 0.500. The third kappa shape index (κ3) is 4.06. The second-order valence-electron chi connectivity index (χ2n) is 4.81. The van der Waals surface area contributed by atoms with E-state index >= 15 is 0 Å². The van der Waals surface area contributed by atoms with Crippen molar-refractivity contribution < 1.29 is 0 Å². The molecule has 0 atom stereocenters. The fourth-order valence-corrected chi connectivity index (χ4v) is 2.42. The first-order valence-corrected chi connectivity index (χ1v) is 7.18. The van der Waals surface area contributed by atoms with Crippen molar-refractivity contribution in [1.82, 2.24) is 5.32 Å². The molecular weight excluding hydrogens is 242 g/mol. The lowest BCUT2D eigenvalue weighted by Crippen LogP contribution is -2.27. The van der Waals surface area contributed by atoms with Crippen molar-refractivity contribution in [3.8, 4) is 0 Å². The van der Waals surface area contributed by atoms with Crippen LogP contribution in [0.1, 0.15) is 50.7 Å². The number of rotatable bonds is 7. The van der Waals surface area contributed by atoms with Gasteiger partial charge in [0.2, 0.25) is 0 Å². The van der Waals surface area contributed by atoms with Crippen LogP contribution >= 0.6 is 11.6 Å². The van der Waals surface area contributed by atoms with Crippen LogP contribution in [-0.2, 0) is 0 Å². The van der Waals surface area contributed by atoms with Crippen LogP contribution in [0.2, 0.25) is 5.02 Å². The second kappa shape index (κ2) is 7.48. The molecule has 1 rings (SSSR count). The topological polar surface area (TPSA) is 12.0 Å². The summed E-state index contributed by atoms with van der Waals surface area (Å²) in [6.07, 6.45) is 4.76. The summed E-state index contributed by atoms with van der Waals surface area (Å²) in [5.41, 5.74) is 3.21. The predicted octanol–water partition coefficient (Wildman–Crippen LogP) is 5.18. The van der Waals surface area contributed by atoms with E-state index in [-0.39, 0.29) is 0 Å². The molecule has 1 nitrogen and oxygen atoms in total. The molecule has 0 unspecified atom stereocenters. The first-order chi connectivity index (χ1) is 8.60. The molecule has 2 heteroatoms. The molecule has 0 fully saturated rings. The molecule has 100 valence electrons. The quantitative estimate of drug-likeness (QED) is 0.716. The van der Waals surface area contributed by atoms with Crippen LogP contribution < -0.4 is 5.32 Å². The number of nitrogens with one attached hydrogen (secondary N) is 1. The van der Waals surface area contributed by atoms with Gasteiger partial charge in [-0.2, -0.15) is 0 Å². The Hall–Kier alpha value is -0.950. The average molecular weight is 266 g/mol. The minimum absolute atomic E-state index is 0.519. The Labute approximate surface area is 116 Å². The van der Waals surface area contributed by atoms with E-state index in [2.05, 4.69) is 31.8 Å². The second-order valence-corrected chi connectivity index (χ2v) is 5.22. The van der Waals surface area contributed by atoms with Crippen LogP contribution in [0.3, 0.4) is 0 Å². The number of halogens is 1. The maximum Gasteiger partial charge on any atom is 0.0441 e. The summed E-state index contributed by atoms with van der Waals surface area (Å²) < 4.78 is 0. The smallest absolute Gasteiger partial charge is 0.0441 e. The van der Waals surface area contributed by atoms with Crippen molar-refractivity contribution in [2.45, 2.75) is 52.5 Å². The molecule has 0 aliphatic rings. The Morgan fingerprint density at radius 1 is 1.28 bits per heavy atom. The summed E-state index contributed by atoms with van der Waals surface area (Å²) in [7, 11) is 0. The van der Waals surface area contributed by atoms with Crippen molar-refractivity contribution in [3.63, 3.8) is 0 Å². The molecule has 0 amide bonds. The lowest BCUT2D eigenvalue weighted by molar-refractivity contribution is 0.502. The van der Waals surface area contributed by atoms with Gasteiger partial charge in [0, 0.05) is 22.3 Å². The van der Waals surface area contributed by atoms with Crippen molar-refractivity contribution in [3.05, 3.63) is 40.9 Å².